The molecule has 1 aliphatic heterocycles. The van der Waals surface area contributed by atoms with Gasteiger partial charge in [0.1, 0.15) is 11.5 Å². The van der Waals surface area contributed by atoms with Gasteiger partial charge < -0.3 is 19.3 Å². The van der Waals surface area contributed by atoms with Crippen LogP contribution in [-0.2, 0) is 4.79 Å². The van der Waals surface area contributed by atoms with Crippen LogP contribution < -0.4 is 9.47 Å². The largest absolute Gasteiger partial charge is 0.497 e. The summed E-state index contributed by atoms with van der Waals surface area (Å²) in [6.07, 6.45) is 2.08. The molecular weight excluding hydrogens is 280 g/mol. The third-order valence-corrected chi connectivity index (χ3v) is 4.37. The fraction of sp³-hybridized carbons (Fsp3) is 0.588. The average Bonchev–Trinajstić information content (AvgIpc) is 2.59. The highest BCUT2D eigenvalue weighted by atomic mass is 16.5. The van der Waals surface area contributed by atoms with Crippen molar-refractivity contribution in [2.24, 2.45) is 0 Å². The zero-order valence-electron chi connectivity index (χ0n) is 13.7. The Labute approximate surface area is 132 Å². The summed E-state index contributed by atoms with van der Waals surface area (Å²) in [5, 5.41) is 0. The lowest BCUT2D eigenvalue weighted by Gasteiger charge is -2.36. The first kappa shape index (κ1) is 16.6. The Bertz CT molecular complexity index is 467. The third-order valence-electron chi connectivity index (χ3n) is 4.37. The molecule has 2 rings (SSSR count). The molecule has 0 bridgehead atoms. The quantitative estimate of drug-likeness (QED) is 0.806. The first-order chi connectivity index (χ1) is 10.6. The molecular formula is C17H26N2O3. The van der Waals surface area contributed by atoms with Gasteiger partial charge >= 0.3 is 0 Å². The van der Waals surface area contributed by atoms with Crippen LogP contribution in [0, 0.1) is 0 Å². The highest BCUT2D eigenvalue weighted by Crippen LogP contribution is 2.18. The van der Waals surface area contributed by atoms with Crippen molar-refractivity contribution in [3.8, 4) is 11.5 Å². The molecule has 122 valence electrons. The van der Waals surface area contributed by atoms with E-state index < -0.39 is 0 Å². The zero-order chi connectivity index (χ0) is 15.9. The summed E-state index contributed by atoms with van der Waals surface area (Å²) < 4.78 is 10.7. The molecule has 0 aliphatic carbocycles. The lowest BCUT2D eigenvalue weighted by atomic mass is 10.0. The molecule has 1 saturated heterocycles. The van der Waals surface area contributed by atoms with E-state index in [1.54, 1.807) is 7.11 Å². The predicted octanol–water partition coefficient (Wildman–Crippen LogP) is 2.02. The number of likely N-dealkylation sites (N-methyl/N-ethyl adjacent to an activating group) is 1. The SMILES string of the molecule is CCN1CCC(N(C)C(=O)COc2ccc(OC)cc2)CC1. The number of piperidine rings is 1. The van der Waals surface area contributed by atoms with Gasteiger partial charge in [-0.25, -0.2) is 0 Å². The lowest BCUT2D eigenvalue weighted by molar-refractivity contribution is -0.135. The molecule has 0 atom stereocenters. The van der Waals surface area contributed by atoms with Gasteiger partial charge in [0.15, 0.2) is 6.61 Å². The van der Waals surface area contributed by atoms with Crippen molar-refractivity contribution >= 4 is 5.91 Å². The number of nitrogens with zero attached hydrogens (tertiary/aromatic N) is 2. The van der Waals surface area contributed by atoms with Crippen LogP contribution >= 0.6 is 0 Å². The number of methoxy groups -OCH3 is 1. The zero-order valence-corrected chi connectivity index (χ0v) is 13.7. The number of ether oxygens (including phenoxy) is 2. The molecule has 1 aromatic carbocycles. The van der Waals surface area contributed by atoms with Crippen LogP contribution in [0.4, 0.5) is 0 Å². The number of rotatable bonds is 6. The lowest BCUT2D eigenvalue weighted by Crippen LogP contribution is -2.46. The van der Waals surface area contributed by atoms with Crippen molar-refractivity contribution in [1.29, 1.82) is 0 Å². The minimum Gasteiger partial charge on any atom is -0.497 e. The van der Waals surface area contributed by atoms with Crippen molar-refractivity contribution in [3.05, 3.63) is 24.3 Å². The minimum atomic E-state index is 0.0331. The first-order valence-electron chi connectivity index (χ1n) is 7.89. The molecule has 0 aromatic heterocycles. The maximum absolute atomic E-state index is 12.3. The summed E-state index contributed by atoms with van der Waals surface area (Å²) in [4.78, 5) is 16.5. The van der Waals surface area contributed by atoms with Gasteiger partial charge in [-0.15, -0.1) is 0 Å². The van der Waals surface area contributed by atoms with Gasteiger partial charge in [-0.05, 0) is 43.7 Å². The van der Waals surface area contributed by atoms with Gasteiger partial charge in [0.05, 0.1) is 7.11 Å². The summed E-state index contributed by atoms with van der Waals surface area (Å²) in [5.74, 6) is 1.49. The van der Waals surface area contributed by atoms with Crippen molar-refractivity contribution in [2.75, 3.05) is 40.4 Å². The second kappa shape index (κ2) is 8.03. The van der Waals surface area contributed by atoms with Crippen LogP contribution in [0.15, 0.2) is 24.3 Å². The molecule has 1 amide bonds. The van der Waals surface area contributed by atoms with Gasteiger partial charge in [-0.3, -0.25) is 4.79 Å². The normalized spacial score (nSPS) is 16.3. The Balaban J connectivity index is 1.78. The van der Waals surface area contributed by atoms with Crippen LogP contribution in [0.25, 0.3) is 0 Å². The summed E-state index contributed by atoms with van der Waals surface area (Å²) >= 11 is 0. The van der Waals surface area contributed by atoms with E-state index in [0.29, 0.717) is 11.8 Å². The second-order valence-electron chi connectivity index (χ2n) is 5.63. The van der Waals surface area contributed by atoms with Crippen molar-refractivity contribution in [2.45, 2.75) is 25.8 Å². The predicted molar refractivity (Wildman–Crippen MR) is 86.4 cm³/mol. The maximum atomic E-state index is 12.3. The number of likely N-dealkylation sites (tertiary alicyclic amines) is 1. The van der Waals surface area contributed by atoms with E-state index in [2.05, 4.69) is 11.8 Å². The molecule has 0 radical (unpaired) electrons. The topological polar surface area (TPSA) is 42.0 Å². The summed E-state index contributed by atoms with van der Waals surface area (Å²) in [7, 11) is 3.50. The van der Waals surface area contributed by atoms with Gasteiger partial charge in [0.2, 0.25) is 0 Å². The summed E-state index contributed by atoms with van der Waals surface area (Å²) in [5.41, 5.74) is 0. The van der Waals surface area contributed by atoms with Crippen LogP contribution in [0.1, 0.15) is 19.8 Å². The first-order valence-corrected chi connectivity index (χ1v) is 7.89. The fourth-order valence-electron chi connectivity index (χ4n) is 2.75. The molecule has 0 N–H and O–H groups in total. The molecule has 1 aliphatic rings. The highest BCUT2D eigenvalue weighted by molar-refractivity contribution is 5.77. The minimum absolute atomic E-state index is 0.0331. The highest BCUT2D eigenvalue weighted by Gasteiger charge is 2.24. The number of carbonyl (C=O) groups excluding carboxylic acids is 1. The number of hydrogen-bond acceptors (Lipinski definition) is 4. The number of benzene rings is 1. The van der Waals surface area contributed by atoms with Crippen molar-refractivity contribution < 1.29 is 14.3 Å². The van der Waals surface area contributed by atoms with E-state index in [-0.39, 0.29) is 12.5 Å². The number of hydrogen-bond donors (Lipinski definition) is 0. The molecule has 0 spiro atoms. The molecule has 22 heavy (non-hydrogen) atoms. The summed E-state index contributed by atoms with van der Waals surface area (Å²) in [6, 6.07) is 7.60. The number of amides is 1. The van der Waals surface area contributed by atoms with Crippen LogP contribution in [0.3, 0.4) is 0 Å². The van der Waals surface area contributed by atoms with E-state index in [9.17, 15) is 4.79 Å². The molecule has 1 aromatic rings. The van der Waals surface area contributed by atoms with Gasteiger partial charge in [0, 0.05) is 26.2 Å². The standard InChI is InChI=1S/C17H26N2O3/c1-4-19-11-9-14(10-12-19)18(2)17(20)13-22-16-7-5-15(21-3)6-8-16/h5-8,14H,4,9-13H2,1-3H3. The van der Waals surface area contributed by atoms with Crippen LogP contribution in [-0.4, -0.2) is 62.1 Å². The van der Waals surface area contributed by atoms with Crippen LogP contribution in [0.2, 0.25) is 0 Å². The van der Waals surface area contributed by atoms with Gasteiger partial charge in [-0.1, -0.05) is 6.92 Å². The van der Waals surface area contributed by atoms with E-state index in [4.69, 9.17) is 9.47 Å². The van der Waals surface area contributed by atoms with Gasteiger partial charge in [-0.2, -0.15) is 0 Å². The van der Waals surface area contributed by atoms with Crippen LogP contribution in [0.5, 0.6) is 11.5 Å². The number of carbonyl (C=O) groups is 1. The molecule has 1 fully saturated rings. The van der Waals surface area contributed by atoms with Crippen molar-refractivity contribution in [3.63, 3.8) is 0 Å². The van der Waals surface area contributed by atoms with E-state index in [0.717, 1.165) is 38.2 Å². The molecule has 0 saturated carbocycles. The third kappa shape index (κ3) is 4.37. The monoisotopic (exact) mass is 306 g/mol. The smallest absolute Gasteiger partial charge is 0.260 e. The van der Waals surface area contributed by atoms with E-state index in [1.165, 1.54) is 0 Å². The molecule has 0 unspecified atom stereocenters. The molecule has 5 nitrogen and oxygen atoms in total. The molecule has 5 heteroatoms. The second-order valence-corrected chi connectivity index (χ2v) is 5.63. The Hall–Kier alpha value is -1.75. The summed E-state index contributed by atoms with van der Waals surface area (Å²) in [6.45, 7) is 5.48. The Morgan fingerprint density at radius 2 is 1.82 bits per heavy atom. The van der Waals surface area contributed by atoms with E-state index >= 15 is 0 Å². The Morgan fingerprint density at radius 3 is 2.36 bits per heavy atom. The Kier molecular flexibility index (Phi) is 6.07. The fourth-order valence-corrected chi connectivity index (χ4v) is 2.75. The molecule has 1 heterocycles. The average molecular weight is 306 g/mol. The maximum Gasteiger partial charge on any atom is 0.260 e. The van der Waals surface area contributed by atoms with Crippen molar-refractivity contribution in [1.82, 2.24) is 9.80 Å². The van der Waals surface area contributed by atoms with Gasteiger partial charge in [0.25, 0.3) is 5.91 Å². The Morgan fingerprint density at radius 1 is 1.23 bits per heavy atom. The van der Waals surface area contributed by atoms with E-state index in [1.807, 2.05) is 36.2 Å².